The van der Waals surface area contributed by atoms with Crippen molar-refractivity contribution < 1.29 is 9.53 Å². The van der Waals surface area contributed by atoms with Gasteiger partial charge in [0.2, 0.25) is 0 Å². The minimum atomic E-state index is -1.01. The lowest BCUT2D eigenvalue weighted by atomic mass is 10.1. The van der Waals surface area contributed by atoms with Crippen LogP contribution in [-0.2, 0) is 4.79 Å². The monoisotopic (exact) mass is 416 g/mol. The molecule has 0 unspecified atom stereocenters. The first-order chi connectivity index (χ1) is 11.9. The molecule has 0 aliphatic carbocycles. The van der Waals surface area contributed by atoms with Gasteiger partial charge in [-0.1, -0.05) is 46.3 Å². The molecule has 1 amide bonds. The summed E-state index contributed by atoms with van der Waals surface area (Å²) < 4.78 is 6.81. The standard InChI is InChI=1S/C19H17BrN2O2S/c1-19(2,24-15-6-4-3-5-7-15)17(23)22-18-21-16(12-25-18)13-8-10-14(20)11-9-13/h3-12H,1-2H3,(H,21,22,23). The molecule has 0 fully saturated rings. The Balaban J connectivity index is 1.69. The lowest BCUT2D eigenvalue weighted by molar-refractivity contribution is -0.128. The summed E-state index contributed by atoms with van der Waals surface area (Å²) in [6.07, 6.45) is 0. The molecular weight excluding hydrogens is 400 g/mol. The van der Waals surface area contributed by atoms with E-state index in [1.165, 1.54) is 11.3 Å². The minimum absolute atomic E-state index is 0.243. The summed E-state index contributed by atoms with van der Waals surface area (Å²) in [5.74, 6) is 0.408. The second-order valence-electron chi connectivity index (χ2n) is 5.92. The number of nitrogens with one attached hydrogen (secondary N) is 1. The molecule has 0 aliphatic heterocycles. The SMILES string of the molecule is CC(C)(Oc1ccccc1)C(=O)Nc1nc(-c2ccc(Br)cc2)cs1. The number of rotatable bonds is 5. The van der Waals surface area contributed by atoms with Gasteiger partial charge >= 0.3 is 0 Å². The van der Waals surface area contributed by atoms with E-state index in [1.807, 2.05) is 60.0 Å². The minimum Gasteiger partial charge on any atom is -0.478 e. The van der Waals surface area contributed by atoms with Crippen molar-refractivity contribution in [3.63, 3.8) is 0 Å². The van der Waals surface area contributed by atoms with Gasteiger partial charge in [0.05, 0.1) is 5.69 Å². The van der Waals surface area contributed by atoms with E-state index in [1.54, 1.807) is 13.8 Å². The zero-order valence-corrected chi connectivity index (χ0v) is 16.2. The molecule has 1 heterocycles. The third-order valence-corrected chi connectivity index (χ3v) is 4.81. The fraction of sp³-hybridized carbons (Fsp3) is 0.158. The number of nitrogens with zero attached hydrogens (tertiary/aromatic N) is 1. The van der Waals surface area contributed by atoms with Gasteiger partial charge in [-0.2, -0.15) is 0 Å². The van der Waals surface area contributed by atoms with E-state index in [0.717, 1.165) is 15.7 Å². The normalized spacial score (nSPS) is 11.2. The zero-order chi connectivity index (χ0) is 17.9. The maximum atomic E-state index is 12.6. The number of anilines is 1. The molecule has 25 heavy (non-hydrogen) atoms. The molecule has 0 radical (unpaired) electrons. The molecule has 2 aromatic carbocycles. The Morgan fingerprint density at radius 3 is 2.48 bits per heavy atom. The van der Waals surface area contributed by atoms with Crippen LogP contribution in [0.15, 0.2) is 64.5 Å². The van der Waals surface area contributed by atoms with Gasteiger partial charge in [-0.15, -0.1) is 11.3 Å². The number of amides is 1. The molecule has 0 saturated carbocycles. The number of carbonyl (C=O) groups excluding carboxylic acids is 1. The molecule has 0 aliphatic rings. The topological polar surface area (TPSA) is 51.2 Å². The van der Waals surface area contributed by atoms with E-state index in [9.17, 15) is 4.79 Å². The van der Waals surface area contributed by atoms with E-state index in [2.05, 4.69) is 26.2 Å². The molecule has 0 saturated heterocycles. The summed E-state index contributed by atoms with van der Waals surface area (Å²) in [7, 11) is 0. The first-order valence-electron chi connectivity index (χ1n) is 7.71. The Kier molecular flexibility index (Phi) is 5.20. The van der Waals surface area contributed by atoms with Crippen LogP contribution < -0.4 is 10.1 Å². The number of benzene rings is 2. The summed E-state index contributed by atoms with van der Waals surface area (Å²) in [5.41, 5.74) is 0.819. The lowest BCUT2D eigenvalue weighted by Crippen LogP contribution is -2.42. The average molecular weight is 417 g/mol. The van der Waals surface area contributed by atoms with Gasteiger partial charge in [0.15, 0.2) is 10.7 Å². The molecule has 3 rings (SSSR count). The molecular formula is C19H17BrN2O2S. The van der Waals surface area contributed by atoms with Crippen LogP contribution in [0.4, 0.5) is 5.13 Å². The molecule has 6 heteroatoms. The van der Waals surface area contributed by atoms with Crippen LogP contribution in [0.3, 0.4) is 0 Å². The Morgan fingerprint density at radius 2 is 1.80 bits per heavy atom. The van der Waals surface area contributed by atoms with Crippen LogP contribution in [0, 0.1) is 0 Å². The summed E-state index contributed by atoms with van der Waals surface area (Å²) in [6.45, 7) is 3.47. The fourth-order valence-corrected chi connectivity index (χ4v) is 3.14. The highest BCUT2D eigenvalue weighted by atomic mass is 79.9. The third-order valence-electron chi connectivity index (χ3n) is 3.53. The molecule has 1 N–H and O–H groups in total. The highest BCUT2D eigenvalue weighted by molar-refractivity contribution is 9.10. The third kappa shape index (κ3) is 4.46. The number of hydrogen-bond donors (Lipinski definition) is 1. The van der Waals surface area contributed by atoms with Gasteiger partial charge < -0.3 is 4.74 Å². The maximum Gasteiger partial charge on any atom is 0.269 e. The van der Waals surface area contributed by atoms with Crippen molar-refractivity contribution in [1.82, 2.24) is 4.98 Å². The predicted octanol–water partition coefficient (Wildman–Crippen LogP) is 5.37. The van der Waals surface area contributed by atoms with Crippen LogP contribution in [0.2, 0.25) is 0 Å². The number of aromatic nitrogens is 1. The molecule has 1 aromatic heterocycles. The van der Waals surface area contributed by atoms with Gasteiger partial charge in [-0.3, -0.25) is 10.1 Å². The van der Waals surface area contributed by atoms with Gasteiger partial charge in [0.1, 0.15) is 5.75 Å². The molecule has 3 aromatic rings. The van der Waals surface area contributed by atoms with Crippen LogP contribution in [0.5, 0.6) is 5.75 Å². The Bertz CT molecular complexity index is 861. The highest BCUT2D eigenvalue weighted by Gasteiger charge is 2.30. The van der Waals surface area contributed by atoms with Gasteiger partial charge in [0, 0.05) is 15.4 Å². The first kappa shape index (κ1) is 17.6. The molecule has 0 atom stereocenters. The smallest absolute Gasteiger partial charge is 0.269 e. The zero-order valence-electron chi connectivity index (χ0n) is 13.8. The van der Waals surface area contributed by atoms with Gasteiger partial charge in [0.25, 0.3) is 5.91 Å². The van der Waals surface area contributed by atoms with Crippen LogP contribution in [0.1, 0.15) is 13.8 Å². The van der Waals surface area contributed by atoms with Crippen molar-refractivity contribution in [2.24, 2.45) is 0 Å². The number of carbonyl (C=O) groups is 1. The van der Waals surface area contributed by atoms with Crippen molar-refractivity contribution in [1.29, 1.82) is 0 Å². The first-order valence-corrected chi connectivity index (χ1v) is 9.38. The number of para-hydroxylation sites is 1. The summed E-state index contributed by atoms with van der Waals surface area (Å²) in [5, 5.41) is 5.31. The Labute approximate surface area is 159 Å². The van der Waals surface area contributed by atoms with Crippen molar-refractivity contribution in [2.45, 2.75) is 19.4 Å². The Hall–Kier alpha value is -2.18. The number of hydrogen-bond acceptors (Lipinski definition) is 4. The van der Waals surface area contributed by atoms with Crippen LogP contribution >= 0.6 is 27.3 Å². The maximum absolute atomic E-state index is 12.6. The molecule has 128 valence electrons. The van der Waals surface area contributed by atoms with Crippen molar-refractivity contribution in [3.8, 4) is 17.0 Å². The quantitative estimate of drug-likeness (QED) is 0.608. The lowest BCUT2D eigenvalue weighted by Gasteiger charge is -2.24. The largest absolute Gasteiger partial charge is 0.478 e. The van der Waals surface area contributed by atoms with E-state index in [-0.39, 0.29) is 5.91 Å². The molecule has 0 spiro atoms. The van der Waals surface area contributed by atoms with Crippen molar-refractivity contribution in [2.75, 3.05) is 5.32 Å². The van der Waals surface area contributed by atoms with Crippen LogP contribution in [0.25, 0.3) is 11.3 Å². The van der Waals surface area contributed by atoms with Gasteiger partial charge in [-0.25, -0.2) is 4.98 Å². The number of thiazole rings is 1. The number of halogens is 1. The second kappa shape index (κ2) is 7.37. The summed E-state index contributed by atoms with van der Waals surface area (Å²) in [4.78, 5) is 17.0. The van der Waals surface area contributed by atoms with Crippen molar-refractivity contribution in [3.05, 3.63) is 64.5 Å². The van der Waals surface area contributed by atoms with E-state index < -0.39 is 5.60 Å². The van der Waals surface area contributed by atoms with E-state index in [4.69, 9.17) is 4.74 Å². The van der Waals surface area contributed by atoms with Gasteiger partial charge in [-0.05, 0) is 38.1 Å². The second-order valence-corrected chi connectivity index (χ2v) is 7.70. The summed E-state index contributed by atoms with van der Waals surface area (Å²) in [6, 6.07) is 17.2. The Morgan fingerprint density at radius 1 is 1.12 bits per heavy atom. The van der Waals surface area contributed by atoms with E-state index >= 15 is 0 Å². The molecule has 4 nitrogen and oxygen atoms in total. The molecule has 0 bridgehead atoms. The average Bonchev–Trinajstić information content (AvgIpc) is 3.04. The van der Waals surface area contributed by atoms with Crippen LogP contribution in [-0.4, -0.2) is 16.5 Å². The van der Waals surface area contributed by atoms with E-state index in [0.29, 0.717) is 10.9 Å². The highest BCUT2D eigenvalue weighted by Crippen LogP contribution is 2.27. The predicted molar refractivity (Wildman–Crippen MR) is 105 cm³/mol. The van der Waals surface area contributed by atoms with Crippen molar-refractivity contribution >= 4 is 38.3 Å². The number of ether oxygens (including phenoxy) is 1. The fourth-order valence-electron chi connectivity index (χ4n) is 2.16. The summed E-state index contributed by atoms with van der Waals surface area (Å²) >= 11 is 4.81.